The monoisotopic (exact) mass is 353 g/mol. The van der Waals surface area contributed by atoms with Gasteiger partial charge in [-0.25, -0.2) is 13.4 Å². The number of sulfonamides is 1. The van der Waals surface area contributed by atoms with E-state index < -0.39 is 10.0 Å². The number of nitrogens with zero attached hydrogens (tertiary/aromatic N) is 2. The maximum atomic E-state index is 12.0. The van der Waals surface area contributed by atoms with Crippen molar-refractivity contribution in [3.63, 3.8) is 0 Å². The zero-order valence-electron chi connectivity index (χ0n) is 12.7. The predicted octanol–water partition coefficient (Wildman–Crippen LogP) is 2.03. The maximum absolute atomic E-state index is 12.0. The highest BCUT2D eigenvalue weighted by molar-refractivity contribution is 7.93. The van der Waals surface area contributed by atoms with Crippen LogP contribution in [0.5, 0.6) is 0 Å². The zero-order chi connectivity index (χ0) is 15.9. The summed E-state index contributed by atoms with van der Waals surface area (Å²) in [6, 6.07) is 6.14. The third kappa shape index (κ3) is 3.50. The Kier molecular flexibility index (Phi) is 4.00. The molecular formula is C15H19N3O3S2. The number of aromatic nitrogens is 1. The summed E-state index contributed by atoms with van der Waals surface area (Å²) >= 11 is 1.40. The second-order valence-corrected chi connectivity index (χ2v) is 9.05. The molecule has 4 rings (SSSR count). The number of hydrogen-bond acceptors (Lipinski definition) is 6. The summed E-state index contributed by atoms with van der Waals surface area (Å²) in [7, 11) is -3.24. The topological polar surface area (TPSA) is 71.5 Å². The number of hydrogen-bond donors (Lipinski definition) is 1. The van der Waals surface area contributed by atoms with Crippen LogP contribution in [0.25, 0.3) is 10.2 Å². The molecule has 1 aliphatic carbocycles. The van der Waals surface area contributed by atoms with Gasteiger partial charge in [0.1, 0.15) is 0 Å². The van der Waals surface area contributed by atoms with Gasteiger partial charge in [-0.05, 0) is 30.5 Å². The van der Waals surface area contributed by atoms with E-state index in [1.54, 1.807) is 0 Å². The van der Waals surface area contributed by atoms with Gasteiger partial charge in [-0.3, -0.25) is 9.62 Å². The Hall–Kier alpha value is -1.22. The van der Waals surface area contributed by atoms with Crippen molar-refractivity contribution in [1.29, 1.82) is 0 Å². The van der Waals surface area contributed by atoms with Crippen LogP contribution in [0.2, 0.25) is 0 Å². The first kappa shape index (κ1) is 15.3. The van der Waals surface area contributed by atoms with Crippen molar-refractivity contribution < 1.29 is 13.2 Å². The average Bonchev–Trinajstić information content (AvgIpc) is 3.31. The molecule has 1 N–H and O–H groups in total. The van der Waals surface area contributed by atoms with Gasteiger partial charge in [0.25, 0.3) is 0 Å². The molecule has 0 unspecified atom stereocenters. The average molecular weight is 353 g/mol. The van der Waals surface area contributed by atoms with E-state index in [2.05, 4.69) is 26.7 Å². The molecule has 1 aliphatic heterocycles. The van der Waals surface area contributed by atoms with Crippen molar-refractivity contribution >= 4 is 36.7 Å². The van der Waals surface area contributed by atoms with Crippen molar-refractivity contribution in [2.45, 2.75) is 24.6 Å². The van der Waals surface area contributed by atoms with E-state index in [0.717, 1.165) is 55.9 Å². The molecule has 0 bridgehead atoms. The molecular weight excluding hydrogens is 334 g/mol. The molecule has 124 valence electrons. The molecule has 2 aromatic rings. The first-order valence-electron chi connectivity index (χ1n) is 7.81. The first-order chi connectivity index (χ1) is 11.1. The standard InChI is InChI=1S/C15H19N3O3S2/c19-23(20,12-2-3-12)17-15-16-13-4-1-11(9-14(13)22-15)10-18-5-7-21-8-6-18/h1,4,9,12H,2-3,5-8,10H2,(H,16,17). The summed E-state index contributed by atoms with van der Waals surface area (Å²) in [5.41, 5.74) is 2.06. The molecule has 0 amide bonds. The third-order valence-corrected chi connectivity index (χ3v) is 7.05. The molecule has 1 saturated carbocycles. The molecule has 2 aliphatic rings. The molecule has 1 saturated heterocycles. The van der Waals surface area contributed by atoms with E-state index >= 15 is 0 Å². The maximum Gasteiger partial charge on any atom is 0.237 e. The number of fused-ring (bicyclic) bond motifs is 1. The van der Waals surface area contributed by atoms with E-state index in [9.17, 15) is 8.42 Å². The lowest BCUT2D eigenvalue weighted by molar-refractivity contribution is 0.0342. The number of morpholine rings is 1. The van der Waals surface area contributed by atoms with Crippen molar-refractivity contribution in [2.24, 2.45) is 0 Å². The van der Waals surface area contributed by atoms with Gasteiger partial charge in [-0.1, -0.05) is 17.4 Å². The van der Waals surface area contributed by atoms with Crippen LogP contribution < -0.4 is 4.72 Å². The minimum Gasteiger partial charge on any atom is -0.379 e. The van der Waals surface area contributed by atoms with Crippen molar-refractivity contribution in [1.82, 2.24) is 9.88 Å². The second-order valence-electron chi connectivity index (χ2n) is 6.06. The molecule has 1 aromatic heterocycles. The lowest BCUT2D eigenvalue weighted by atomic mass is 10.2. The molecule has 1 aromatic carbocycles. The second kappa shape index (κ2) is 6.01. The lowest BCUT2D eigenvalue weighted by Crippen LogP contribution is -2.35. The molecule has 23 heavy (non-hydrogen) atoms. The smallest absolute Gasteiger partial charge is 0.237 e. The van der Waals surface area contributed by atoms with Gasteiger partial charge >= 0.3 is 0 Å². The molecule has 0 atom stereocenters. The predicted molar refractivity (Wildman–Crippen MR) is 91.3 cm³/mol. The van der Waals surface area contributed by atoms with Crippen LogP contribution in [0.1, 0.15) is 18.4 Å². The van der Waals surface area contributed by atoms with Gasteiger partial charge in [0.15, 0.2) is 5.13 Å². The van der Waals surface area contributed by atoms with E-state index in [0.29, 0.717) is 5.13 Å². The van der Waals surface area contributed by atoms with E-state index in [1.165, 1.54) is 16.9 Å². The van der Waals surface area contributed by atoms with Crippen LogP contribution in [0.4, 0.5) is 5.13 Å². The Bertz CT molecular complexity index is 808. The van der Waals surface area contributed by atoms with Crippen molar-refractivity contribution in [3.05, 3.63) is 23.8 Å². The van der Waals surface area contributed by atoms with Gasteiger partial charge < -0.3 is 4.74 Å². The van der Waals surface area contributed by atoms with Gasteiger partial charge in [-0.15, -0.1) is 0 Å². The molecule has 8 heteroatoms. The summed E-state index contributed by atoms with van der Waals surface area (Å²) in [5.74, 6) is 0. The normalized spacial score (nSPS) is 20.0. The highest BCUT2D eigenvalue weighted by Crippen LogP contribution is 2.33. The minimum atomic E-state index is -3.24. The number of thiazole rings is 1. The summed E-state index contributed by atoms with van der Waals surface area (Å²) in [6.45, 7) is 4.37. The lowest BCUT2D eigenvalue weighted by Gasteiger charge is -2.26. The molecule has 0 radical (unpaired) electrons. The first-order valence-corrected chi connectivity index (χ1v) is 10.2. The number of anilines is 1. The fourth-order valence-corrected chi connectivity index (χ4v) is 5.22. The number of ether oxygens (including phenoxy) is 1. The summed E-state index contributed by atoms with van der Waals surface area (Å²) in [6.07, 6.45) is 1.51. The fraction of sp³-hybridized carbons (Fsp3) is 0.533. The van der Waals surface area contributed by atoms with E-state index in [-0.39, 0.29) is 5.25 Å². The van der Waals surface area contributed by atoms with Gasteiger partial charge in [0.05, 0.1) is 28.7 Å². The summed E-state index contributed by atoms with van der Waals surface area (Å²) in [5, 5.41) is 0.238. The number of rotatable bonds is 5. The van der Waals surface area contributed by atoms with Crippen LogP contribution in [0.3, 0.4) is 0 Å². The Morgan fingerprint density at radius 1 is 1.30 bits per heavy atom. The van der Waals surface area contributed by atoms with E-state index in [1.807, 2.05) is 6.07 Å². The highest BCUT2D eigenvalue weighted by atomic mass is 32.2. The Labute approximate surface area is 139 Å². The van der Waals surface area contributed by atoms with Gasteiger partial charge in [0.2, 0.25) is 10.0 Å². The van der Waals surface area contributed by atoms with Crippen molar-refractivity contribution in [3.8, 4) is 0 Å². The summed E-state index contributed by atoms with van der Waals surface area (Å²) in [4.78, 5) is 6.75. The highest BCUT2D eigenvalue weighted by Gasteiger charge is 2.36. The van der Waals surface area contributed by atoms with Crippen LogP contribution in [-0.2, 0) is 21.3 Å². The van der Waals surface area contributed by atoms with Crippen LogP contribution in [0, 0.1) is 0 Å². The van der Waals surface area contributed by atoms with Crippen LogP contribution in [0.15, 0.2) is 18.2 Å². The number of nitrogens with one attached hydrogen (secondary N) is 1. The van der Waals surface area contributed by atoms with E-state index in [4.69, 9.17) is 4.74 Å². The SMILES string of the molecule is O=S(=O)(Nc1nc2ccc(CN3CCOCC3)cc2s1)C1CC1. The third-order valence-electron chi connectivity index (χ3n) is 4.16. The molecule has 2 fully saturated rings. The molecule has 6 nitrogen and oxygen atoms in total. The summed E-state index contributed by atoms with van der Waals surface area (Å²) < 4.78 is 33.0. The Morgan fingerprint density at radius 3 is 2.83 bits per heavy atom. The van der Waals surface area contributed by atoms with Crippen molar-refractivity contribution in [2.75, 3.05) is 31.0 Å². The largest absolute Gasteiger partial charge is 0.379 e. The van der Waals surface area contributed by atoms with Crippen LogP contribution >= 0.6 is 11.3 Å². The van der Waals surface area contributed by atoms with Gasteiger partial charge in [-0.2, -0.15) is 0 Å². The molecule has 0 spiro atoms. The minimum absolute atomic E-state index is 0.230. The van der Waals surface area contributed by atoms with Crippen LogP contribution in [-0.4, -0.2) is 49.9 Å². The Balaban J connectivity index is 1.52. The fourth-order valence-electron chi connectivity index (χ4n) is 2.71. The number of benzene rings is 1. The van der Waals surface area contributed by atoms with Gasteiger partial charge in [0, 0.05) is 19.6 Å². The molecule has 2 heterocycles. The Morgan fingerprint density at radius 2 is 2.09 bits per heavy atom. The zero-order valence-corrected chi connectivity index (χ0v) is 14.3. The quantitative estimate of drug-likeness (QED) is 0.890.